The van der Waals surface area contributed by atoms with Crippen LogP contribution in [0.5, 0.6) is 0 Å². The second-order valence-electron chi connectivity index (χ2n) is 3.87. The van der Waals surface area contributed by atoms with E-state index in [1.165, 1.54) is 12.1 Å². The van der Waals surface area contributed by atoms with E-state index in [4.69, 9.17) is 17.3 Å². The van der Waals surface area contributed by atoms with Gasteiger partial charge in [0.2, 0.25) is 10.0 Å². The van der Waals surface area contributed by atoms with Gasteiger partial charge in [-0.25, -0.2) is 13.1 Å². The number of hydrogen-bond acceptors (Lipinski definition) is 4. The quantitative estimate of drug-likeness (QED) is 0.791. The van der Waals surface area contributed by atoms with Gasteiger partial charge in [-0.05, 0) is 30.9 Å². The van der Waals surface area contributed by atoms with E-state index in [1.807, 2.05) is 13.2 Å². The molecule has 0 aliphatic carbocycles. The normalized spacial score (nSPS) is 13.5. The molecule has 3 N–H and O–H groups in total. The van der Waals surface area contributed by atoms with Gasteiger partial charge in [-0.15, -0.1) is 0 Å². The van der Waals surface area contributed by atoms with E-state index in [0.29, 0.717) is 5.69 Å². The fourth-order valence-electron chi connectivity index (χ4n) is 1.45. The summed E-state index contributed by atoms with van der Waals surface area (Å²) in [6.45, 7) is 1.93. The number of sulfonamides is 1. The van der Waals surface area contributed by atoms with E-state index < -0.39 is 10.0 Å². The average molecular weight is 309 g/mol. The third kappa shape index (κ3) is 4.05. The summed E-state index contributed by atoms with van der Waals surface area (Å²) in [7, 11) is -3.62. The molecule has 0 aromatic heterocycles. The summed E-state index contributed by atoms with van der Waals surface area (Å²) in [5.74, 6) is 0.718. The van der Waals surface area contributed by atoms with Gasteiger partial charge in [0.15, 0.2) is 0 Å². The minimum Gasteiger partial charge on any atom is -0.399 e. The Balaban J connectivity index is 3.02. The van der Waals surface area contributed by atoms with Crippen molar-refractivity contribution < 1.29 is 8.42 Å². The fraction of sp³-hybridized carbons (Fsp3) is 0.455. The van der Waals surface area contributed by atoms with Gasteiger partial charge in [0.25, 0.3) is 0 Å². The lowest BCUT2D eigenvalue weighted by Crippen LogP contribution is -2.36. The van der Waals surface area contributed by atoms with Gasteiger partial charge in [0.1, 0.15) is 4.90 Å². The third-order valence-electron chi connectivity index (χ3n) is 2.43. The molecule has 0 aliphatic rings. The van der Waals surface area contributed by atoms with Crippen LogP contribution < -0.4 is 10.5 Å². The Morgan fingerprint density at radius 1 is 1.50 bits per heavy atom. The van der Waals surface area contributed by atoms with E-state index in [2.05, 4.69) is 4.72 Å². The zero-order valence-electron chi connectivity index (χ0n) is 10.3. The molecule has 0 bridgehead atoms. The van der Waals surface area contributed by atoms with Crippen LogP contribution in [0, 0.1) is 0 Å². The van der Waals surface area contributed by atoms with Gasteiger partial charge in [-0.2, -0.15) is 11.8 Å². The Labute approximate surface area is 117 Å². The maximum Gasteiger partial charge on any atom is 0.242 e. The van der Waals surface area contributed by atoms with Crippen LogP contribution in [0.1, 0.15) is 13.3 Å². The summed E-state index contributed by atoms with van der Waals surface area (Å²) in [6.07, 6.45) is 2.66. The highest BCUT2D eigenvalue weighted by Crippen LogP contribution is 2.24. The Morgan fingerprint density at radius 2 is 2.17 bits per heavy atom. The van der Waals surface area contributed by atoms with Crippen LogP contribution in [0.4, 0.5) is 5.69 Å². The molecule has 1 aromatic rings. The molecule has 4 nitrogen and oxygen atoms in total. The first-order chi connectivity index (χ1) is 8.40. The van der Waals surface area contributed by atoms with Crippen molar-refractivity contribution in [1.29, 1.82) is 0 Å². The minimum atomic E-state index is -3.62. The maximum absolute atomic E-state index is 12.2. The van der Waals surface area contributed by atoms with Gasteiger partial charge in [0, 0.05) is 17.5 Å². The molecular weight excluding hydrogens is 292 g/mol. The molecule has 0 amide bonds. The number of anilines is 1. The number of thioether (sulfide) groups is 1. The zero-order chi connectivity index (χ0) is 13.8. The fourth-order valence-corrected chi connectivity index (χ4v) is 4.13. The number of rotatable bonds is 6. The number of halogens is 1. The Kier molecular flexibility index (Phi) is 5.78. The largest absolute Gasteiger partial charge is 0.399 e. The molecule has 0 heterocycles. The van der Waals surface area contributed by atoms with Gasteiger partial charge in [-0.3, -0.25) is 0 Å². The van der Waals surface area contributed by atoms with E-state index in [1.54, 1.807) is 17.8 Å². The van der Waals surface area contributed by atoms with Gasteiger partial charge in [-0.1, -0.05) is 18.5 Å². The number of nitrogens with two attached hydrogens (primary N) is 1. The summed E-state index contributed by atoms with van der Waals surface area (Å²) in [4.78, 5) is 0.0312. The SMILES string of the molecule is CCC(CSC)NS(=O)(=O)c1cc(N)ccc1Cl. The van der Waals surface area contributed by atoms with Crippen LogP contribution in [-0.4, -0.2) is 26.5 Å². The lowest BCUT2D eigenvalue weighted by atomic mass is 10.3. The van der Waals surface area contributed by atoms with Crippen LogP contribution >= 0.6 is 23.4 Å². The van der Waals surface area contributed by atoms with Crippen molar-refractivity contribution >= 4 is 39.1 Å². The predicted octanol–water partition coefficient (Wildman–Crippen LogP) is 2.34. The molecule has 1 rings (SSSR count). The smallest absolute Gasteiger partial charge is 0.242 e. The van der Waals surface area contributed by atoms with E-state index in [-0.39, 0.29) is 16.0 Å². The highest BCUT2D eigenvalue weighted by molar-refractivity contribution is 7.98. The summed E-state index contributed by atoms with van der Waals surface area (Å²) in [5, 5.41) is 0.177. The minimum absolute atomic E-state index is 0.0312. The second-order valence-corrected chi connectivity index (χ2v) is 6.87. The summed E-state index contributed by atoms with van der Waals surface area (Å²) < 4.78 is 27.0. The molecule has 7 heteroatoms. The molecule has 0 saturated carbocycles. The molecule has 18 heavy (non-hydrogen) atoms. The predicted molar refractivity (Wildman–Crippen MR) is 78.6 cm³/mol. The van der Waals surface area contributed by atoms with Crippen molar-refractivity contribution in [2.24, 2.45) is 0 Å². The number of nitrogen functional groups attached to an aromatic ring is 1. The first-order valence-electron chi connectivity index (χ1n) is 5.47. The molecule has 1 unspecified atom stereocenters. The third-order valence-corrected chi connectivity index (χ3v) is 5.17. The number of hydrogen-bond donors (Lipinski definition) is 2. The molecule has 0 spiro atoms. The molecule has 0 saturated heterocycles. The zero-order valence-corrected chi connectivity index (χ0v) is 12.7. The Bertz CT molecular complexity index is 506. The molecule has 1 atom stereocenters. The van der Waals surface area contributed by atoms with Crippen LogP contribution in [0.2, 0.25) is 5.02 Å². The van der Waals surface area contributed by atoms with Gasteiger partial charge >= 0.3 is 0 Å². The Morgan fingerprint density at radius 3 is 2.72 bits per heavy atom. The average Bonchev–Trinajstić information content (AvgIpc) is 2.31. The number of benzene rings is 1. The van der Waals surface area contributed by atoms with Crippen molar-refractivity contribution in [3.05, 3.63) is 23.2 Å². The molecule has 1 aromatic carbocycles. The van der Waals surface area contributed by atoms with Crippen LogP contribution in [-0.2, 0) is 10.0 Å². The van der Waals surface area contributed by atoms with E-state index in [9.17, 15) is 8.42 Å². The highest BCUT2D eigenvalue weighted by Gasteiger charge is 2.21. The van der Waals surface area contributed by atoms with Crippen molar-refractivity contribution in [2.45, 2.75) is 24.3 Å². The number of nitrogens with one attached hydrogen (secondary N) is 1. The van der Waals surface area contributed by atoms with E-state index in [0.717, 1.165) is 12.2 Å². The van der Waals surface area contributed by atoms with E-state index >= 15 is 0 Å². The second kappa shape index (κ2) is 6.65. The monoisotopic (exact) mass is 308 g/mol. The molecule has 0 fully saturated rings. The van der Waals surface area contributed by atoms with Crippen LogP contribution in [0.25, 0.3) is 0 Å². The summed E-state index contributed by atoms with van der Waals surface area (Å²) >= 11 is 7.50. The topological polar surface area (TPSA) is 72.2 Å². The first-order valence-corrected chi connectivity index (χ1v) is 8.72. The van der Waals surface area contributed by atoms with Gasteiger partial charge < -0.3 is 5.73 Å². The molecular formula is C11H17ClN2O2S2. The van der Waals surface area contributed by atoms with Crippen molar-refractivity contribution in [2.75, 3.05) is 17.7 Å². The van der Waals surface area contributed by atoms with Crippen molar-refractivity contribution in [3.63, 3.8) is 0 Å². The highest BCUT2D eigenvalue weighted by atomic mass is 35.5. The lowest BCUT2D eigenvalue weighted by Gasteiger charge is -2.16. The molecule has 0 aliphatic heterocycles. The van der Waals surface area contributed by atoms with Crippen molar-refractivity contribution in [3.8, 4) is 0 Å². The first kappa shape index (κ1) is 15.6. The molecule has 0 radical (unpaired) electrons. The summed E-state index contributed by atoms with van der Waals surface area (Å²) in [6, 6.07) is 4.32. The van der Waals surface area contributed by atoms with Crippen LogP contribution in [0.15, 0.2) is 23.1 Å². The van der Waals surface area contributed by atoms with Crippen LogP contribution in [0.3, 0.4) is 0 Å². The van der Waals surface area contributed by atoms with Crippen molar-refractivity contribution in [1.82, 2.24) is 4.72 Å². The lowest BCUT2D eigenvalue weighted by molar-refractivity contribution is 0.558. The maximum atomic E-state index is 12.2. The van der Waals surface area contributed by atoms with Gasteiger partial charge in [0.05, 0.1) is 5.02 Å². The standard InChI is InChI=1S/C11H17ClN2O2S2/c1-3-9(7-17-2)14-18(15,16)11-6-8(13)4-5-10(11)12/h4-6,9,14H,3,7,13H2,1-2H3. The molecule has 102 valence electrons. The summed E-state index contributed by atoms with van der Waals surface area (Å²) in [5.41, 5.74) is 5.96. The Hall–Kier alpha value is -0.430.